The van der Waals surface area contributed by atoms with Crippen LogP contribution < -0.4 is 5.32 Å². The van der Waals surface area contributed by atoms with Crippen LogP contribution in [0.2, 0.25) is 0 Å². The van der Waals surface area contributed by atoms with Crippen LogP contribution in [-0.4, -0.2) is 46.9 Å². The molecule has 3 atom stereocenters. The van der Waals surface area contributed by atoms with Crippen molar-refractivity contribution in [1.82, 2.24) is 5.32 Å². The first-order valence-electron chi connectivity index (χ1n) is 25.9. The Morgan fingerprint density at radius 2 is 0.828 bits per heavy atom. The number of aliphatic hydroxyl groups is 2. The van der Waals surface area contributed by atoms with Gasteiger partial charge in [-0.1, -0.05) is 232 Å². The van der Waals surface area contributed by atoms with E-state index in [-0.39, 0.29) is 24.9 Å². The monoisotopic (exact) mass is 820 g/mol. The summed E-state index contributed by atoms with van der Waals surface area (Å²) in [6.07, 6.45) is 51.2. The summed E-state index contributed by atoms with van der Waals surface area (Å²) in [5, 5.41) is 23.8. The molecule has 0 heterocycles. The number of nitrogens with one attached hydrogen (secondary N) is 1. The normalized spacial score (nSPS) is 13.3. The van der Waals surface area contributed by atoms with E-state index in [2.05, 4.69) is 38.2 Å². The van der Waals surface area contributed by atoms with Crippen molar-refractivity contribution in [2.45, 2.75) is 302 Å². The Kier molecular flexibility index (Phi) is 45.5. The number of carbonyl (C=O) groups excluding carboxylic acids is 2. The molecule has 0 rings (SSSR count). The fourth-order valence-electron chi connectivity index (χ4n) is 8.13. The summed E-state index contributed by atoms with van der Waals surface area (Å²) in [5.74, 6) is -0.473. The molecular formula is C52H101NO5. The molecule has 0 spiro atoms. The summed E-state index contributed by atoms with van der Waals surface area (Å²) in [4.78, 5) is 26.1. The van der Waals surface area contributed by atoms with Crippen molar-refractivity contribution in [1.29, 1.82) is 0 Å². The number of amides is 1. The first kappa shape index (κ1) is 56.6. The van der Waals surface area contributed by atoms with E-state index >= 15 is 0 Å². The van der Waals surface area contributed by atoms with Crippen LogP contribution in [0.5, 0.6) is 0 Å². The lowest BCUT2D eigenvalue weighted by atomic mass is 10.0. The van der Waals surface area contributed by atoms with Crippen molar-refractivity contribution in [2.24, 2.45) is 0 Å². The average Bonchev–Trinajstić information content (AvgIpc) is 3.22. The van der Waals surface area contributed by atoms with Gasteiger partial charge in [-0.3, -0.25) is 9.59 Å². The number of allylic oxidation sites excluding steroid dienone is 2. The highest BCUT2D eigenvalue weighted by Gasteiger charge is 2.24. The molecule has 3 unspecified atom stereocenters. The van der Waals surface area contributed by atoms with Gasteiger partial charge < -0.3 is 20.3 Å². The minimum absolute atomic E-state index is 0.0739. The maximum Gasteiger partial charge on any atom is 0.306 e. The van der Waals surface area contributed by atoms with Gasteiger partial charge in [-0.05, 0) is 51.4 Å². The van der Waals surface area contributed by atoms with Crippen molar-refractivity contribution < 1.29 is 24.5 Å². The van der Waals surface area contributed by atoms with E-state index < -0.39 is 18.2 Å². The third kappa shape index (κ3) is 41.3. The highest BCUT2D eigenvalue weighted by atomic mass is 16.5. The predicted molar refractivity (Wildman–Crippen MR) is 250 cm³/mol. The lowest BCUT2D eigenvalue weighted by Gasteiger charge is -2.24. The standard InChI is InChI=1S/C52H101NO5/c1-4-7-10-13-16-19-22-25-27-28-31-34-37-40-43-48(58-52(57)45-42-39-36-33-30-24-21-18-15-12-9-6-3)46-51(56)53-49(47-54)50(55)44-41-38-35-32-29-26-23-20-17-14-11-8-5-2/h27-28,48-50,54-55H,4-26,29-47H2,1-3H3,(H,53,56)/b28-27+. The van der Waals surface area contributed by atoms with Crippen LogP contribution >= 0.6 is 0 Å². The summed E-state index contributed by atoms with van der Waals surface area (Å²) >= 11 is 0. The number of unbranched alkanes of at least 4 members (excludes halogenated alkanes) is 33. The van der Waals surface area contributed by atoms with Gasteiger partial charge in [0, 0.05) is 6.42 Å². The number of rotatable bonds is 47. The minimum Gasteiger partial charge on any atom is -0.462 e. The number of carbonyl (C=O) groups is 2. The summed E-state index contributed by atoms with van der Waals surface area (Å²) in [6, 6.07) is -0.699. The first-order chi connectivity index (χ1) is 28.5. The van der Waals surface area contributed by atoms with Gasteiger partial charge in [-0.2, -0.15) is 0 Å². The van der Waals surface area contributed by atoms with Gasteiger partial charge in [0.25, 0.3) is 0 Å². The van der Waals surface area contributed by atoms with E-state index in [0.717, 1.165) is 57.8 Å². The fourth-order valence-corrected chi connectivity index (χ4v) is 8.13. The zero-order valence-electron chi connectivity index (χ0n) is 39.2. The largest absolute Gasteiger partial charge is 0.462 e. The molecule has 0 fully saturated rings. The molecule has 0 bridgehead atoms. The van der Waals surface area contributed by atoms with Gasteiger partial charge in [0.15, 0.2) is 0 Å². The van der Waals surface area contributed by atoms with Crippen LogP contribution in [0.4, 0.5) is 0 Å². The molecule has 0 saturated carbocycles. The summed E-state index contributed by atoms with van der Waals surface area (Å²) in [5.41, 5.74) is 0. The molecule has 1 amide bonds. The Bertz CT molecular complexity index is 878. The SMILES string of the molecule is CCCCCCCCC/C=C/CCCCCC(CC(=O)NC(CO)C(O)CCCCCCCCCCCCCCC)OC(=O)CCCCCCCCCCCCCC. The molecule has 6 heteroatoms. The van der Waals surface area contributed by atoms with E-state index in [1.54, 1.807) is 0 Å². The number of aliphatic hydroxyl groups excluding tert-OH is 2. The van der Waals surface area contributed by atoms with Gasteiger partial charge in [0.2, 0.25) is 5.91 Å². The smallest absolute Gasteiger partial charge is 0.306 e. The van der Waals surface area contributed by atoms with Gasteiger partial charge in [0.05, 0.1) is 25.2 Å². The third-order valence-corrected chi connectivity index (χ3v) is 12.1. The second-order valence-electron chi connectivity index (χ2n) is 17.9. The Morgan fingerprint density at radius 1 is 0.483 bits per heavy atom. The Balaban J connectivity index is 4.56. The van der Waals surface area contributed by atoms with Crippen LogP contribution in [0.15, 0.2) is 12.2 Å². The van der Waals surface area contributed by atoms with Crippen molar-refractivity contribution in [3.8, 4) is 0 Å². The Labute approximate surface area is 361 Å². The lowest BCUT2D eigenvalue weighted by molar-refractivity contribution is -0.151. The van der Waals surface area contributed by atoms with E-state index in [0.29, 0.717) is 19.3 Å². The minimum atomic E-state index is -0.785. The molecule has 0 aliphatic carbocycles. The summed E-state index contributed by atoms with van der Waals surface area (Å²) in [7, 11) is 0. The Morgan fingerprint density at radius 3 is 1.24 bits per heavy atom. The van der Waals surface area contributed by atoms with Gasteiger partial charge in [0.1, 0.15) is 6.10 Å². The van der Waals surface area contributed by atoms with Crippen molar-refractivity contribution in [2.75, 3.05) is 6.61 Å². The zero-order chi connectivity index (χ0) is 42.4. The van der Waals surface area contributed by atoms with Crippen molar-refractivity contribution in [3.63, 3.8) is 0 Å². The molecule has 0 aliphatic heterocycles. The van der Waals surface area contributed by atoms with Crippen LogP contribution in [-0.2, 0) is 14.3 Å². The molecular weight excluding hydrogens is 719 g/mol. The van der Waals surface area contributed by atoms with Crippen LogP contribution in [0.25, 0.3) is 0 Å². The predicted octanol–water partition coefficient (Wildman–Crippen LogP) is 15.3. The molecule has 3 N–H and O–H groups in total. The second-order valence-corrected chi connectivity index (χ2v) is 17.9. The summed E-state index contributed by atoms with van der Waals surface area (Å²) in [6.45, 7) is 6.49. The van der Waals surface area contributed by atoms with E-state index in [1.807, 2.05) is 0 Å². The third-order valence-electron chi connectivity index (χ3n) is 12.1. The number of ether oxygens (including phenoxy) is 1. The second kappa shape index (κ2) is 46.7. The maximum absolute atomic E-state index is 13.2. The lowest BCUT2D eigenvalue weighted by Crippen LogP contribution is -2.46. The number of hydrogen-bond donors (Lipinski definition) is 3. The number of hydrogen-bond acceptors (Lipinski definition) is 5. The van der Waals surface area contributed by atoms with E-state index in [1.165, 1.54) is 180 Å². The van der Waals surface area contributed by atoms with Gasteiger partial charge in [-0.25, -0.2) is 0 Å². The Hall–Kier alpha value is -1.40. The van der Waals surface area contributed by atoms with Crippen molar-refractivity contribution in [3.05, 3.63) is 12.2 Å². The van der Waals surface area contributed by atoms with Gasteiger partial charge in [-0.15, -0.1) is 0 Å². The molecule has 0 aromatic carbocycles. The first-order valence-corrected chi connectivity index (χ1v) is 25.9. The molecule has 0 saturated heterocycles. The van der Waals surface area contributed by atoms with Crippen LogP contribution in [0.3, 0.4) is 0 Å². The highest BCUT2D eigenvalue weighted by molar-refractivity contribution is 5.77. The fraction of sp³-hybridized carbons (Fsp3) is 0.923. The molecule has 0 radical (unpaired) electrons. The van der Waals surface area contributed by atoms with Crippen LogP contribution in [0.1, 0.15) is 284 Å². The van der Waals surface area contributed by atoms with Crippen molar-refractivity contribution >= 4 is 11.9 Å². The molecule has 6 nitrogen and oxygen atoms in total. The molecule has 58 heavy (non-hydrogen) atoms. The maximum atomic E-state index is 13.2. The summed E-state index contributed by atoms with van der Waals surface area (Å²) < 4.78 is 5.92. The molecule has 0 aliphatic rings. The average molecular weight is 820 g/mol. The highest BCUT2D eigenvalue weighted by Crippen LogP contribution is 2.18. The molecule has 344 valence electrons. The van der Waals surface area contributed by atoms with E-state index in [9.17, 15) is 19.8 Å². The topological polar surface area (TPSA) is 95.9 Å². The zero-order valence-corrected chi connectivity index (χ0v) is 39.2. The molecule has 0 aromatic rings. The quantitative estimate of drug-likeness (QED) is 0.0323. The van der Waals surface area contributed by atoms with Crippen LogP contribution in [0, 0.1) is 0 Å². The van der Waals surface area contributed by atoms with Gasteiger partial charge >= 0.3 is 5.97 Å². The van der Waals surface area contributed by atoms with E-state index in [4.69, 9.17) is 4.74 Å². The number of esters is 1. The molecule has 0 aromatic heterocycles.